The Morgan fingerprint density at radius 1 is 1.08 bits per heavy atom. The first-order valence-corrected chi connectivity index (χ1v) is 7.15. The largest absolute Gasteiger partial charge is 0.493 e. The zero-order chi connectivity index (χ0) is 18.1. The van der Waals surface area contributed by atoms with E-state index in [1.807, 2.05) is 0 Å². The van der Waals surface area contributed by atoms with E-state index in [1.54, 1.807) is 32.0 Å². The molecule has 128 valence electrons. The Balaban J connectivity index is 2.69. The van der Waals surface area contributed by atoms with Gasteiger partial charge in [0.15, 0.2) is 11.5 Å². The van der Waals surface area contributed by atoms with Crippen molar-refractivity contribution in [2.75, 3.05) is 14.2 Å². The third-order valence-electron chi connectivity index (χ3n) is 4.27. The van der Waals surface area contributed by atoms with Gasteiger partial charge in [0.05, 0.1) is 14.2 Å². The monoisotopic (exact) mass is 333 g/mol. The molecular weight excluding hydrogens is 314 g/mol. The molecule has 0 aliphatic carbocycles. The van der Waals surface area contributed by atoms with E-state index in [0.717, 1.165) is 0 Å². The third-order valence-corrected chi connectivity index (χ3v) is 4.27. The minimum atomic E-state index is -1.23. The number of nitrogens with one attached hydrogen (secondary N) is 1. The van der Waals surface area contributed by atoms with E-state index in [4.69, 9.17) is 9.47 Å². The van der Waals surface area contributed by atoms with Crippen LogP contribution in [0.4, 0.5) is 0 Å². The van der Waals surface area contributed by atoms with Crippen LogP contribution in [0.25, 0.3) is 0 Å². The first kappa shape index (κ1) is 17.4. The fraction of sp³-hybridized carbons (Fsp3) is 0.294. The number of allylic oxidation sites excluding steroid dienone is 2. The predicted molar refractivity (Wildman–Crippen MR) is 86.1 cm³/mol. The molecule has 0 amide bonds. The van der Waals surface area contributed by atoms with Gasteiger partial charge in [-0.1, -0.05) is 6.07 Å². The number of aliphatic carboxylic acids is 2. The summed E-state index contributed by atoms with van der Waals surface area (Å²) in [5, 5.41) is 21.1. The third kappa shape index (κ3) is 2.80. The molecule has 1 aromatic rings. The minimum Gasteiger partial charge on any atom is -0.493 e. The number of carboxylic acid groups (broad SMARTS) is 2. The summed E-state index contributed by atoms with van der Waals surface area (Å²) in [5.74, 6) is -1.44. The van der Waals surface area contributed by atoms with Crippen LogP contribution in [-0.4, -0.2) is 36.4 Å². The number of benzene rings is 1. The number of carboxylic acids is 2. The summed E-state index contributed by atoms with van der Waals surface area (Å²) in [6.45, 7) is 3.42. The Bertz CT molecular complexity index is 764. The van der Waals surface area contributed by atoms with Crippen LogP contribution < -0.4 is 14.8 Å². The Labute approximate surface area is 139 Å². The lowest BCUT2D eigenvalue weighted by Crippen LogP contribution is -2.37. The van der Waals surface area contributed by atoms with E-state index in [9.17, 15) is 19.8 Å². The normalized spacial score (nSPS) is 20.1. The summed E-state index contributed by atoms with van der Waals surface area (Å²) < 4.78 is 10.5. The maximum atomic E-state index is 11.5. The van der Waals surface area contributed by atoms with Gasteiger partial charge in [-0.2, -0.15) is 0 Å². The zero-order valence-corrected chi connectivity index (χ0v) is 13.8. The van der Waals surface area contributed by atoms with Crippen LogP contribution in [0, 0.1) is 0 Å². The minimum absolute atomic E-state index is 0.146. The fourth-order valence-electron chi connectivity index (χ4n) is 2.71. The molecule has 0 saturated heterocycles. The molecule has 0 bridgehead atoms. The zero-order valence-electron chi connectivity index (χ0n) is 13.8. The van der Waals surface area contributed by atoms with Crippen molar-refractivity contribution in [3.8, 4) is 11.5 Å². The lowest BCUT2D eigenvalue weighted by molar-refractivity contribution is -0.133. The Morgan fingerprint density at radius 2 is 1.71 bits per heavy atom. The van der Waals surface area contributed by atoms with Gasteiger partial charge in [-0.15, -0.1) is 0 Å². The number of methoxy groups -OCH3 is 2. The molecule has 7 heteroatoms. The van der Waals surface area contributed by atoms with Crippen molar-refractivity contribution in [3.63, 3.8) is 0 Å². The second-order valence-electron chi connectivity index (χ2n) is 5.57. The van der Waals surface area contributed by atoms with Crippen molar-refractivity contribution >= 4 is 11.9 Å². The van der Waals surface area contributed by atoms with E-state index in [0.29, 0.717) is 22.6 Å². The van der Waals surface area contributed by atoms with Gasteiger partial charge < -0.3 is 25.0 Å². The second kappa shape index (κ2) is 6.27. The molecule has 0 aromatic heterocycles. The van der Waals surface area contributed by atoms with Crippen LogP contribution in [0.3, 0.4) is 0 Å². The lowest BCUT2D eigenvalue weighted by Gasteiger charge is -2.34. The molecule has 24 heavy (non-hydrogen) atoms. The van der Waals surface area contributed by atoms with Gasteiger partial charge in [0.1, 0.15) is 11.4 Å². The number of rotatable bonds is 5. The molecule has 1 aliphatic rings. The van der Waals surface area contributed by atoms with E-state index in [-0.39, 0.29) is 11.4 Å². The summed E-state index contributed by atoms with van der Waals surface area (Å²) >= 11 is 0. The molecule has 0 spiro atoms. The van der Waals surface area contributed by atoms with Gasteiger partial charge in [-0.25, -0.2) is 9.59 Å². The summed E-state index contributed by atoms with van der Waals surface area (Å²) in [6, 6.07) is 5.16. The molecule has 0 fully saturated rings. The molecule has 1 atom stereocenters. The van der Waals surface area contributed by atoms with E-state index in [2.05, 4.69) is 5.32 Å². The SMILES string of the molecule is COc1ccc(C2(C)C=C(C(=O)O)NC(C(=O)O)=C2C)cc1OC. The van der Waals surface area contributed by atoms with Crippen LogP contribution in [0.5, 0.6) is 11.5 Å². The van der Waals surface area contributed by atoms with Crippen molar-refractivity contribution in [1.29, 1.82) is 0 Å². The molecular formula is C17H19NO6. The molecule has 0 radical (unpaired) electrons. The lowest BCUT2D eigenvalue weighted by atomic mass is 9.73. The Kier molecular flexibility index (Phi) is 4.54. The average Bonchev–Trinajstić information content (AvgIpc) is 2.55. The number of carbonyl (C=O) groups is 2. The van der Waals surface area contributed by atoms with E-state index in [1.165, 1.54) is 20.3 Å². The van der Waals surface area contributed by atoms with Gasteiger partial charge in [-0.3, -0.25) is 0 Å². The van der Waals surface area contributed by atoms with Crippen molar-refractivity contribution < 1.29 is 29.3 Å². The van der Waals surface area contributed by atoms with Crippen LogP contribution in [0.15, 0.2) is 41.2 Å². The summed E-state index contributed by atoms with van der Waals surface area (Å²) in [7, 11) is 3.01. The van der Waals surface area contributed by atoms with Crippen LogP contribution in [0.2, 0.25) is 0 Å². The predicted octanol–water partition coefficient (Wildman–Crippen LogP) is 1.89. The molecule has 0 saturated carbocycles. The van der Waals surface area contributed by atoms with Crippen LogP contribution in [-0.2, 0) is 15.0 Å². The molecule has 1 heterocycles. The summed E-state index contributed by atoms with van der Waals surface area (Å²) in [4.78, 5) is 22.9. The first-order chi connectivity index (χ1) is 11.2. The standard InChI is InChI=1S/C17H19NO6/c1-9-14(16(21)22)18-11(15(19)20)8-17(9,2)10-5-6-12(23-3)13(7-10)24-4/h5-8,18H,1-4H3,(H,19,20)(H,21,22). The van der Waals surface area contributed by atoms with Gasteiger partial charge >= 0.3 is 11.9 Å². The Morgan fingerprint density at radius 3 is 2.21 bits per heavy atom. The summed E-state index contributed by atoms with van der Waals surface area (Å²) in [5.41, 5.74) is -0.0713. The quantitative estimate of drug-likeness (QED) is 0.755. The van der Waals surface area contributed by atoms with Gasteiger partial charge in [-0.05, 0) is 43.2 Å². The van der Waals surface area contributed by atoms with Crippen molar-refractivity contribution in [3.05, 3.63) is 46.8 Å². The number of hydrogen-bond donors (Lipinski definition) is 3. The second-order valence-corrected chi connectivity index (χ2v) is 5.57. The first-order valence-electron chi connectivity index (χ1n) is 7.15. The highest BCUT2D eigenvalue weighted by molar-refractivity contribution is 5.94. The highest BCUT2D eigenvalue weighted by Crippen LogP contribution is 2.41. The highest BCUT2D eigenvalue weighted by atomic mass is 16.5. The molecule has 7 nitrogen and oxygen atoms in total. The number of ether oxygens (including phenoxy) is 2. The van der Waals surface area contributed by atoms with Gasteiger partial charge in [0.2, 0.25) is 0 Å². The van der Waals surface area contributed by atoms with Gasteiger partial charge in [0.25, 0.3) is 0 Å². The highest BCUT2D eigenvalue weighted by Gasteiger charge is 2.37. The molecule has 3 N–H and O–H groups in total. The smallest absolute Gasteiger partial charge is 0.352 e. The van der Waals surface area contributed by atoms with Crippen LogP contribution >= 0.6 is 0 Å². The van der Waals surface area contributed by atoms with E-state index >= 15 is 0 Å². The molecule has 1 unspecified atom stereocenters. The fourth-order valence-corrected chi connectivity index (χ4v) is 2.71. The van der Waals surface area contributed by atoms with Crippen molar-refractivity contribution in [1.82, 2.24) is 5.32 Å². The molecule has 1 aliphatic heterocycles. The maximum absolute atomic E-state index is 11.5. The topological polar surface area (TPSA) is 105 Å². The number of hydrogen-bond acceptors (Lipinski definition) is 5. The average molecular weight is 333 g/mol. The molecule has 1 aromatic carbocycles. The van der Waals surface area contributed by atoms with Crippen molar-refractivity contribution in [2.45, 2.75) is 19.3 Å². The Hall–Kier alpha value is -2.96. The van der Waals surface area contributed by atoms with E-state index < -0.39 is 17.4 Å². The maximum Gasteiger partial charge on any atom is 0.352 e. The molecule has 2 rings (SSSR count). The summed E-state index contributed by atoms with van der Waals surface area (Å²) in [6.07, 6.45) is 1.50. The van der Waals surface area contributed by atoms with Crippen molar-refractivity contribution in [2.24, 2.45) is 0 Å². The van der Waals surface area contributed by atoms with Crippen LogP contribution in [0.1, 0.15) is 19.4 Å². The van der Waals surface area contributed by atoms with Gasteiger partial charge in [0, 0.05) is 5.41 Å². The number of dihydropyridines is 1.